The zero-order chi connectivity index (χ0) is 13.0. The van der Waals surface area contributed by atoms with E-state index in [4.69, 9.17) is 14.2 Å². The maximum absolute atomic E-state index is 11.0. The molecule has 0 radical (unpaired) electrons. The molecule has 0 atom stereocenters. The highest BCUT2D eigenvalue weighted by Gasteiger charge is 2.19. The fourth-order valence-corrected chi connectivity index (χ4v) is 1.99. The van der Waals surface area contributed by atoms with Crippen LogP contribution in [0.25, 0.3) is 0 Å². The van der Waals surface area contributed by atoms with Gasteiger partial charge in [0.15, 0.2) is 17.7 Å². The van der Waals surface area contributed by atoms with E-state index in [9.17, 15) is 5.21 Å². The molecule has 1 aromatic rings. The van der Waals surface area contributed by atoms with Crippen LogP contribution in [0, 0.1) is 5.21 Å². The van der Waals surface area contributed by atoms with Crippen molar-refractivity contribution in [1.82, 2.24) is 0 Å². The summed E-state index contributed by atoms with van der Waals surface area (Å²) in [6, 6.07) is 1.69. The molecule has 0 fully saturated rings. The zero-order valence-electron chi connectivity index (χ0n) is 10.1. The van der Waals surface area contributed by atoms with Crippen molar-refractivity contribution < 1.29 is 18.9 Å². The molecule has 0 heterocycles. The SMILES string of the molecule is COc1cc(/C=[N+](/C)[O-])c(Br)c(OC)c1OC. The maximum Gasteiger partial charge on any atom is 0.204 e. The summed E-state index contributed by atoms with van der Waals surface area (Å²) in [6.45, 7) is 0. The molecule has 6 heteroatoms. The van der Waals surface area contributed by atoms with Gasteiger partial charge in [-0.1, -0.05) is 0 Å². The van der Waals surface area contributed by atoms with Crippen molar-refractivity contribution in [3.8, 4) is 17.2 Å². The van der Waals surface area contributed by atoms with Gasteiger partial charge in [0.1, 0.15) is 7.05 Å². The van der Waals surface area contributed by atoms with Crippen LogP contribution in [0.2, 0.25) is 0 Å². The molecular weight excluding hydrogens is 290 g/mol. The molecule has 0 spiro atoms. The molecule has 0 amide bonds. The number of hydrogen-bond donors (Lipinski definition) is 0. The fourth-order valence-electron chi connectivity index (χ4n) is 1.43. The van der Waals surface area contributed by atoms with E-state index in [1.807, 2.05) is 0 Å². The average molecular weight is 304 g/mol. The van der Waals surface area contributed by atoms with Gasteiger partial charge in [-0.3, -0.25) is 0 Å². The van der Waals surface area contributed by atoms with E-state index in [1.165, 1.54) is 34.6 Å². The normalized spacial score (nSPS) is 11.2. The highest BCUT2D eigenvalue weighted by Crippen LogP contribution is 2.44. The monoisotopic (exact) mass is 303 g/mol. The molecule has 1 rings (SSSR count). The lowest BCUT2D eigenvalue weighted by atomic mass is 10.2. The van der Waals surface area contributed by atoms with Crippen molar-refractivity contribution in [3.63, 3.8) is 0 Å². The van der Waals surface area contributed by atoms with Crippen molar-refractivity contribution in [3.05, 3.63) is 21.3 Å². The second kappa shape index (κ2) is 5.77. The minimum atomic E-state index is 0.479. The highest BCUT2D eigenvalue weighted by molar-refractivity contribution is 9.10. The zero-order valence-corrected chi connectivity index (χ0v) is 11.7. The molecule has 0 bridgehead atoms. The van der Waals surface area contributed by atoms with Gasteiger partial charge in [-0.05, 0) is 22.0 Å². The van der Waals surface area contributed by atoms with E-state index < -0.39 is 0 Å². The number of ether oxygens (including phenoxy) is 3. The van der Waals surface area contributed by atoms with Crippen molar-refractivity contribution >= 4 is 22.1 Å². The first-order valence-electron chi connectivity index (χ1n) is 4.78. The molecule has 0 N–H and O–H groups in total. The van der Waals surface area contributed by atoms with Gasteiger partial charge in [0.05, 0.1) is 31.4 Å². The Morgan fingerprint density at radius 2 is 1.76 bits per heavy atom. The topological polar surface area (TPSA) is 53.8 Å². The van der Waals surface area contributed by atoms with Gasteiger partial charge >= 0.3 is 0 Å². The Balaban J connectivity index is 3.50. The summed E-state index contributed by atoms with van der Waals surface area (Å²) in [5.74, 6) is 1.47. The summed E-state index contributed by atoms with van der Waals surface area (Å²) in [7, 11) is 5.97. The Bertz CT molecular complexity index is 442. The van der Waals surface area contributed by atoms with Gasteiger partial charge in [0.25, 0.3) is 0 Å². The number of halogens is 1. The van der Waals surface area contributed by atoms with Gasteiger partial charge in [0.2, 0.25) is 5.75 Å². The first kappa shape index (κ1) is 13.6. The largest absolute Gasteiger partial charge is 0.624 e. The van der Waals surface area contributed by atoms with E-state index in [1.54, 1.807) is 6.07 Å². The van der Waals surface area contributed by atoms with Gasteiger partial charge < -0.3 is 19.4 Å². The van der Waals surface area contributed by atoms with Crippen LogP contribution in [0.5, 0.6) is 17.2 Å². The third-order valence-electron chi connectivity index (χ3n) is 2.12. The minimum absolute atomic E-state index is 0.479. The summed E-state index contributed by atoms with van der Waals surface area (Å²) in [4.78, 5) is 0. The molecule has 17 heavy (non-hydrogen) atoms. The first-order valence-corrected chi connectivity index (χ1v) is 5.57. The van der Waals surface area contributed by atoms with Crippen LogP contribution in [-0.4, -0.2) is 39.3 Å². The van der Waals surface area contributed by atoms with Gasteiger partial charge in [0, 0.05) is 0 Å². The third kappa shape index (κ3) is 2.82. The summed E-state index contributed by atoms with van der Waals surface area (Å²) >= 11 is 3.37. The Morgan fingerprint density at radius 3 is 2.18 bits per heavy atom. The Kier molecular flexibility index (Phi) is 4.62. The Labute approximate surface area is 108 Å². The number of rotatable bonds is 4. The van der Waals surface area contributed by atoms with Crippen LogP contribution in [0.15, 0.2) is 10.5 Å². The quantitative estimate of drug-likeness (QED) is 0.370. The van der Waals surface area contributed by atoms with Crippen LogP contribution >= 0.6 is 15.9 Å². The molecule has 0 aliphatic carbocycles. The van der Waals surface area contributed by atoms with Crippen molar-refractivity contribution in [2.45, 2.75) is 0 Å². The van der Waals surface area contributed by atoms with Crippen LogP contribution < -0.4 is 14.2 Å². The Hall–Kier alpha value is -1.43. The van der Waals surface area contributed by atoms with E-state index in [0.29, 0.717) is 32.0 Å². The van der Waals surface area contributed by atoms with Crippen LogP contribution in [-0.2, 0) is 0 Å². The molecule has 1 aromatic carbocycles. The lowest BCUT2D eigenvalue weighted by Crippen LogP contribution is -2.02. The predicted octanol–water partition coefficient (Wildman–Crippen LogP) is 2.03. The van der Waals surface area contributed by atoms with Gasteiger partial charge in [-0.15, -0.1) is 0 Å². The molecule has 0 saturated heterocycles. The molecule has 0 aliphatic rings. The van der Waals surface area contributed by atoms with E-state index in [0.717, 1.165) is 0 Å². The number of hydrogen-bond acceptors (Lipinski definition) is 4. The number of benzene rings is 1. The van der Waals surface area contributed by atoms with E-state index in [-0.39, 0.29) is 0 Å². The second-order valence-electron chi connectivity index (χ2n) is 3.22. The van der Waals surface area contributed by atoms with Crippen molar-refractivity contribution in [2.24, 2.45) is 0 Å². The summed E-state index contributed by atoms with van der Waals surface area (Å²) in [5, 5.41) is 11.0. The van der Waals surface area contributed by atoms with E-state index >= 15 is 0 Å². The third-order valence-corrected chi connectivity index (χ3v) is 2.94. The van der Waals surface area contributed by atoms with Crippen LogP contribution in [0.1, 0.15) is 5.56 Å². The minimum Gasteiger partial charge on any atom is -0.624 e. The molecular formula is C11H14BrNO4. The Morgan fingerprint density at radius 1 is 1.18 bits per heavy atom. The molecule has 94 valence electrons. The van der Waals surface area contributed by atoms with Crippen molar-refractivity contribution in [1.29, 1.82) is 0 Å². The molecule has 5 nitrogen and oxygen atoms in total. The van der Waals surface area contributed by atoms with Gasteiger partial charge in [-0.25, -0.2) is 4.74 Å². The molecule has 0 aromatic heterocycles. The average Bonchev–Trinajstić information content (AvgIpc) is 2.30. The second-order valence-corrected chi connectivity index (χ2v) is 4.02. The van der Waals surface area contributed by atoms with Crippen LogP contribution in [0.4, 0.5) is 0 Å². The molecule has 0 aliphatic heterocycles. The fraction of sp³-hybridized carbons (Fsp3) is 0.364. The lowest BCUT2D eigenvalue weighted by Gasteiger charge is -2.14. The first-order chi connectivity index (χ1) is 8.04. The highest BCUT2D eigenvalue weighted by atomic mass is 79.9. The molecule has 0 unspecified atom stereocenters. The summed E-state index contributed by atoms with van der Waals surface area (Å²) < 4.78 is 17.0. The van der Waals surface area contributed by atoms with Crippen LogP contribution in [0.3, 0.4) is 0 Å². The summed E-state index contributed by atoms with van der Waals surface area (Å²) in [6.07, 6.45) is 1.41. The molecule has 0 saturated carbocycles. The summed E-state index contributed by atoms with van der Waals surface area (Å²) in [5.41, 5.74) is 0.650. The maximum atomic E-state index is 11.0. The number of hydroxylamine groups is 1. The number of methoxy groups -OCH3 is 3. The predicted molar refractivity (Wildman–Crippen MR) is 68.5 cm³/mol. The van der Waals surface area contributed by atoms with Crippen molar-refractivity contribution in [2.75, 3.05) is 28.4 Å². The van der Waals surface area contributed by atoms with E-state index in [2.05, 4.69) is 15.9 Å². The number of nitrogens with zero attached hydrogens (tertiary/aromatic N) is 1. The smallest absolute Gasteiger partial charge is 0.204 e. The lowest BCUT2D eigenvalue weighted by molar-refractivity contribution is -0.416. The standard InChI is InChI=1S/C11H14BrNO4/c1-13(14)6-7-5-8(15-2)10(16-3)11(17-4)9(7)12/h5-6H,1-4H3/b13-6-. The van der Waals surface area contributed by atoms with Gasteiger partial charge in [-0.2, -0.15) is 0 Å².